The van der Waals surface area contributed by atoms with Gasteiger partial charge in [0, 0.05) is 12.2 Å². The SMILES string of the molecule is CCc1ccsc1C(=O)Nc1ccc(CNC)cc1.Cl. The van der Waals surface area contributed by atoms with Crippen molar-refractivity contribution in [3.63, 3.8) is 0 Å². The summed E-state index contributed by atoms with van der Waals surface area (Å²) in [6.45, 7) is 2.89. The molecule has 0 aliphatic heterocycles. The Morgan fingerprint density at radius 3 is 2.50 bits per heavy atom. The number of carbonyl (C=O) groups is 1. The highest BCUT2D eigenvalue weighted by molar-refractivity contribution is 7.12. The van der Waals surface area contributed by atoms with Crippen LogP contribution in [0.1, 0.15) is 27.7 Å². The van der Waals surface area contributed by atoms with Crippen LogP contribution in [0.25, 0.3) is 0 Å². The monoisotopic (exact) mass is 310 g/mol. The average molecular weight is 311 g/mol. The van der Waals surface area contributed by atoms with Crippen molar-refractivity contribution in [1.82, 2.24) is 5.32 Å². The Bertz CT molecular complexity index is 551. The van der Waals surface area contributed by atoms with E-state index in [4.69, 9.17) is 0 Å². The Morgan fingerprint density at radius 1 is 1.20 bits per heavy atom. The first kappa shape index (κ1) is 16.7. The molecule has 1 amide bonds. The van der Waals surface area contributed by atoms with Gasteiger partial charge in [0.2, 0.25) is 0 Å². The van der Waals surface area contributed by atoms with Crippen LogP contribution in [0.2, 0.25) is 0 Å². The standard InChI is InChI=1S/C15H18N2OS.ClH/c1-3-12-8-9-19-14(12)15(18)17-13-6-4-11(5-7-13)10-16-2;/h4-9,16H,3,10H2,1-2H3,(H,17,18);1H. The predicted molar refractivity (Wildman–Crippen MR) is 88.1 cm³/mol. The lowest BCUT2D eigenvalue weighted by Crippen LogP contribution is -2.12. The summed E-state index contributed by atoms with van der Waals surface area (Å²) in [6.07, 6.45) is 0.882. The average Bonchev–Trinajstić information content (AvgIpc) is 2.90. The van der Waals surface area contributed by atoms with Crippen LogP contribution in [-0.2, 0) is 13.0 Å². The lowest BCUT2D eigenvalue weighted by Gasteiger charge is -2.06. The first-order valence-corrected chi connectivity index (χ1v) is 7.23. The smallest absolute Gasteiger partial charge is 0.266 e. The van der Waals surface area contributed by atoms with Gasteiger partial charge >= 0.3 is 0 Å². The zero-order valence-corrected chi connectivity index (χ0v) is 13.2. The number of halogens is 1. The maximum absolute atomic E-state index is 12.2. The van der Waals surface area contributed by atoms with Crippen LogP contribution in [0.3, 0.4) is 0 Å². The van der Waals surface area contributed by atoms with E-state index >= 15 is 0 Å². The van der Waals surface area contributed by atoms with Gasteiger partial charge in [0.25, 0.3) is 5.91 Å². The third-order valence-corrected chi connectivity index (χ3v) is 3.88. The Morgan fingerprint density at radius 2 is 1.90 bits per heavy atom. The molecule has 0 fully saturated rings. The first-order valence-electron chi connectivity index (χ1n) is 6.36. The number of carbonyl (C=O) groups excluding carboxylic acids is 1. The predicted octanol–water partition coefficient (Wildman–Crippen LogP) is 3.70. The van der Waals surface area contributed by atoms with Crippen LogP contribution >= 0.6 is 23.7 Å². The number of aryl methyl sites for hydroxylation is 1. The molecular weight excluding hydrogens is 292 g/mol. The van der Waals surface area contributed by atoms with Crippen LogP contribution in [0.5, 0.6) is 0 Å². The Kier molecular flexibility index (Phi) is 6.71. The molecule has 108 valence electrons. The van der Waals surface area contributed by atoms with Crippen LogP contribution in [-0.4, -0.2) is 13.0 Å². The van der Waals surface area contributed by atoms with Gasteiger partial charge in [0.05, 0.1) is 4.88 Å². The maximum Gasteiger partial charge on any atom is 0.266 e. The second kappa shape index (κ2) is 8.04. The highest BCUT2D eigenvalue weighted by atomic mass is 35.5. The molecule has 1 heterocycles. The summed E-state index contributed by atoms with van der Waals surface area (Å²) in [5, 5.41) is 8.00. The number of hydrogen-bond donors (Lipinski definition) is 2. The minimum Gasteiger partial charge on any atom is -0.321 e. The van der Waals surface area contributed by atoms with Crippen molar-refractivity contribution in [1.29, 1.82) is 0 Å². The Hall–Kier alpha value is -1.36. The lowest BCUT2D eigenvalue weighted by molar-refractivity contribution is 0.103. The molecule has 1 aromatic heterocycles. The van der Waals surface area contributed by atoms with Crippen LogP contribution in [0.15, 0.2) is 35.7 Å². The summed E-state index contributed by atoms with van der Waals surface area (Å²) >= 11 is 1.49. The van der Waals surface area contributed by atoms with Gasteiger partial charge in [-0.15, -0.1) is 23.7 Å². The van der Waals surface area contributed by atoms with Crippen LogP contribution in [0, 0.1) is 0 Å². The quantitative estimate of drug-likeness (QED) is 0.884. The van der Waals surface area contributed by atoms with E-state index in [1.54, 1.807) is 0 Å². The third kappa shape index (κ3) is 4.07. The molecule has 0 saturated heterocycles. The molecule has 0 radical (unpaired) electrons. The van der Waals surface area contributed by atoms with Crippen molar-refractivity contribution in [2.24, 2.45) is 0 Å². The highest BCUT2D eigenvalue weighted by Gasteiger charge is 2.11. The van der Waals surface area contributed by atoms with E-state index in [0.29, 0.717) is 0 Å². The first-order chi connectivity index (χ1) is 9.24. The van der Waals surface area contributed by atoms with Gasteiger partial charge in [0.15, 0.2) is 0 Å². The molecule has 2 rings (SSSR count). The van der Waals surface area contributed by atoms with Gasteiger partial charge in [-0.05, 0) is 48.2 Å². The maximum atomic E-state index is 12.2. The van der Waals surface area contributed by atoms with Crippen molar-refractivity contribution < 1.29 is 4.79 Å². The molecule has 2 aromatic rings. The van der Waals surface area contributed by atoms with Crippen LogP contribution in [0.4, 0.5) is 5.69 Å². The van der Waals surface area contributed by atoms with Gasteiger partial charge in [-0.3, -0.25) is 4.79 Å². The van der Waals surface area contributed by atoms with Gasteiger partial charge in [-0.1, -0.05) is 19.1 Å². The summed E-state index contributed by atoms with van der Waals surface area (Å²) in [6, 6.07) is 9.91. The second-order valence-electron chi connectivity index (χ2n) is 4.31. The minimum atomic E-state index is -0.0202. The number of thiophene rings is 1. The van der Waals surface area contributed by atoms with Crippen molar-refractivity contribution in [3.8, 4) is 0 Å². The summed E-state index contributed by atoms with van der Waals surface area (Å²) in [5.74, 6) is -0.0202. The van der Waals surface area contributed by atoms with E-state index in [0.717, 1.165) is 29.1 Å². The molecule has 0 bridgehead atoms. The van der Waals surface area contributed by atoms with E-state index in [9.17, 15) is 4.79 Å². The van der Waals surface area contributed by atoms with Crippen molar-refractivity contribution in [2.75, 3.05) is 12.4 Å². The molecule has 0 spiro atoms. The van der Waals surface area contributed by atoms with Crippen molar-refractivity contribution in [2.45, 2.75) is 19.9 Å². The highest BCUT2D eigenvalue weighted by Crippen LogP contribution is 2.19. The van der Waals surface area contributed by atoms with Gasteiger partial charge in [-0.2, -0.15) is 0 Å². The molecule has 20 heavy (non-hydrogen) atoms. The minimum absolute atomic E-state index is 0. The van der Waals surface area contributed by atoms with Crippen LogP contribution < -0.4 is 10.6 Å². The fourth-order valence-electron chi connectivity index (χ4n) is 1.91. The molecule has 5 heteroatoms. The number of rotatable bonds is 5. The molecule has 0 unspecified atom stereocenters. The second-order valence-corrected chi connectivity index (χ2v) is 5.23. The molecule has 0 aliphatic rings. The van der Waals surface area contributed by atoms with E-state index in [1.807, 2.05) is 42.8 Å². The molecular formula is C15H19ClN2OS. The number of benzene rings is 1. The zero-order valence-electron chi connectivity index (χ0n) is 11.6. The summed E-state index contributed by atoms with van der Waals surface area (Å²) in [7, 11) is 1.92. The summed E-state index contributed by atoms with van der Waals surface area (Å²) in [4.78, 5) is 13.0. The third-order valence-electron chi connectivity index (χ3n) is 2.93. The number of hydrogen-bond acceptors (Lipinski definition) is 3. The van der Waals surface area contributed by atoms with Crippen molar-refractivity contribution in [3.05, 3.63) is 51.7 Å². The molecule has 2 N–H and O–H groups in total. The fourth-order valence-corrected chi connectivity index (χ4v) is 2.80. The van der Waals surface area contributed by atoms with Crippen molar-refractivity contribution >= 4 is 35.3 Å². The Balaban J connectivity index is 0.00000200. The summed E-state index contributed by atoms with van der Waals surface area (Å²) in [5.41, 5.74) is 3.14. The molecule has 1 aromatic carbocycles. The molecule has 3 nitrogen and oxygen atoms in total. The van der Waals surface area contributed by atoms with E-state index < -0.39 is 0 Å². The van der Waals surface area contributed by atoms with E-state index in [-0.39, 0.29) is 18.3 Å². The fraction of sp³-hybridized carbons (Fsp3) is 0.267. The van der Waals surface area contributed by atoms with E-state index in [2.05, 4.69) is 17.6 Å². The largest absolute Gasteiger partial charge is 0.321 e. The zero-order chi connectivity index (χ0) is 13.7. The molecule has 0 atom stereocenters. The molecule has 0 aliphatic carbocycles. The number of nitrogens with one attached hydrogen (secondary N) is 2. The van der Waals surface area contributed by atoms with Gasteiger partial charge in [0.1, 0.15) is 0 Å². The number of anilines is 1. The number of amides is 1. The van der Waals surface area contributed by atoms with E-state index in [1.165, 1.54) is 16.9 Å². The lowest BCUT2D eigenvalue weighted by atomic mass is 10.2. The molecule has 0 saturated carbocycles. The normalized spacial score (nSPS) is 9.90. The summed E-state index contributed by atoms with van der Waals surface area (Å²) < 4.78 is 0. The van der Waals surface area contributed by atoms with Gasteiger partial charge in [-0.25, -0.2) is 0 Å². The Labute approximate surface area is 129 Å². The topological polar surface area (TPSA) is 41.1 Å². The van der Waals surface area contributed by atoms with Gasteiger partial charge < -0.3 is 10.6 Å².